The SMILES string of the molecule is O=C(c1ccccc1)C(C(=O)c1ccccc1)[C@@H]1[C@H]2C[C@@H](O[N+](=O)[O-])[C@@H]1[C@H]1C=CC[C@H]12. The molecule has 0 spiro atoms. The third kappa shape index (κ3) is 3.26. The second kappa shape index (κ2) is 7.76. The van der Waals surface area contributed by atoms with Crippen LogP contribution >= 0.6 is 0 Å². The zero-order chi connectivity index (χ0) is 21.5. The number of carbonyl (C=O) groups is 2. The van der Waals surface area contributed by atoms with Crippen LogP contribution in [0.2, 0.25) is 0 Å². The molecule has 6 nitrogen and oxygen atoms in total. The molecule has 6 atom stereocenters. The van der Waals surface area contributed by atoms with E-state index in [-0.39, 0.29) is 35.2 Å². The highest BCUT2D eigenvalue weighted by Crippen LogP contribution is 2.63. The molecule has 0 N–H and O–H groups in total. The number of Topliss-reactive ketones (excluding diaryl/α,β-unsaturated/α-hetero) is 2. The van der Waals surface area contributed by atoms with Gasteiger partial charge in [0, 0.05) is 11.1 Å². The second-order valence-electron chi connectivity index (χ2n) is 8.77. The average molecular weight is 417 g/mol. The third-order valence-electron chi connectivity index (χ3n) is 7.42. The minimum atomic E-state index is -0.876. The van der Waals surface area contributed by atoms with Crippen LogP contribution in [-0.2, 0) is 4.84 Å². The number of rotatable bonds is 7. The van der Waals surface area contributed by atoms with Crippen molar-refractivity contribution in [2.45, 2.75) is 18.9 Å². The smallest absolute Gasteiger partial charge is 0.294 e. The molecule has 0 saturated heterocycles. The topological polar surface area (TPSA) is 86.5 Å². The summed E-state index contributed by atoms with van der Waals surface area (Å²) in [5.41, 5.74) is 0.992. The maximum Gasteiger partial charge on any atom is 0.294 e. The number of fused-ring (bicyclic) bond motifs is 5. The zero-order valence-corrected chi connectivity index (χ0v) is 16.9. The van der Waals surface area contributed by atoms with Crippen LogP contribution in [0.5, 0.6) is 0 Å². The standard InChI is InChI=1S/C25H23NO5/c27-24(15-8-3-1-4-9-15)23(25(28)16-10-5-2-6-11-16)22-19-14-20(31-26(29)30)21(22)18-13-7-12-17(18)19/h1-11,13,17-23H,12,14H2/t17-,18+,19+,20-,21+,22-/m1/s1. The Balaban J connectivity index is 1.57. The third-order valence-corrected chi connectivity index (χ3v) is 7.42. The van der Waals surface area contributed by atoms with Crippen molar-refractivity contribution in [2.75, 3.05) is 0 Å². The highest BCUT2D eigenvalue weighted by molar-refractivity contribution is 6.16. The van der Waals surface area contributed by atoms with Gasteiger partial charge in [-0.1, -0.05) is 72.8 Å². The summed E-state index contributed by atoms with van der Waals surface area (Å²) in [6, 6.07) is 17.7. The van der Waals surface area contributed by atoms with Crippen LogP contribution in [0.3, 0.4) is 0 Å². The van der Waals surface area contributed by atoms with E-state index in [1.807, 2.05) is 12.1 Å². The van der Waals surface area contributed by atoms with Crippen molar-refractivity contribution < 1.29 is 19.5 Å². The van der Waals surface area contributed by atoms with Gasteiger partial charge in [0.15, 0.2) is 11.6 Å². The van der Waals surface area contributed by atoms with Crippen molar-refractivity contribution in [1.82, 2.24) is 0 Å². The maximum absolute atomic E-state index is 13.7. The molecule has 2 fully saturated rings. The fourth-order valence-corrected chi connectivity index (χ4v) is 6.37. The largest absolute Gasteiger partial charge is 0.310 e. The zero-order valence-electron chi connectivity index (χ0n) is 16.9. The van der Waals surface area contributed by atoms with Crippen molar-refractivity contribution in [1.29, 1.82) is 0 Å². The van der Waals surface area contributed by atoms with Gasteiger partial charge in [-0.15, -0.1) is 10.1 Å². The predicted octanol–water partition coefficient (Wildman–Crippen LogP) is 4.40. The quantitative estimate of drug-likeness (QED) is 0.219. The molecule has 0 amide bonds. The summed E-state index contributed by atoms with van der Waals surface area (Å²) in [5, 5.41) is 10.4. The Labute approximate surface area is 180 Å². The highest BCUT2D eigenvalue weighted by atomic mass is 17.0. The van der Waals surface area contributed by atoms with Gasteiger partial charge in [0.25, 0.3) is 5.09 Å². The lowest BCUT2D eigenvalue weighted by Crippen LogP contribution is -2.37. The monoisotopic (exact) mass is 417 g/mol. The Hall–Kier alpha value is -3.28. The Morgan fingerprint density at radius 3 is 2.06 bits per heavy atom. The van der Waals surface area contributed by atoms with Gasteiger partial charge >= 0.3 is 0 Å². The average Bonchev–Trinajstić information content (AvgIpc) is 3.46. The molecule has 2 aromatic carbocycles. The molecule has 31 heavy (non-hydrogen) atoms. The molecule has 2 bridgehead atoms. The summed E-state index contributed by atoms with van der Waals surface area (Å²) in [5.74, 6) is -1.31. The van der Waals surface area contributed by atoms with Gasteiger partial charge in [0.1, 0.15) is 6.10 Å². The first-order chi connectivity index (χ1) is 15.1. The first kappa shape index (κ1) is 19.7. The lowest BCUT2D eigenvalue weighted by atomic mass is 9.74. The fourth-order valence-electron chi connectivity index (χ4n) is 6.37. The lowest BCUT2D eigenvalue weighted by Gasteiger charge is -2.29. The summed E-state index contributed by atoms with van der Waals surface area (Å²) in [7, 11) is 0. The summed E-state index contributed by atoms with van der Waals surface area (Å²) >= 11 is 0. The van der Waals surface area contributed by atoms with Crippen LogP contribution in [0.1, 0.15) is 33.6 Å². The predicted molar refractivity (Wildman–Crippen MR) is 113 cm³/mol. The summed E-state index contributed by atoms with van der Waals surface area (Å²) in [4.78, 5) is 43.6. The van der Waals surface area contributed by atoms with E-state index < -0.39 is 17.1 Å². The minimum absolute atomic E-state index is 0.0419. The van der Waals surface area contributed by atoms with Gasteiger partial charge in [-0.2, -0.15) is 0 Å². The van der Waals surface area contributed by atoms with E-state index in [2.05, 4.69) is 12.2 Å². The second-order valence-corrected chi connectivity index (χ2v) is 8.77. The fraction of sp³-hybridized carbons (Fsp3) is 0.360. The Kier molecular flexibility index (Phi) is 4.93. The molecule has 0 unspecified atom stereocenters. The maximum atomic E-state index is 13.7. The van der Waals surface area contributed by atoms with E-state index in [0.717, 1.165) is 6.42 Å². The van der Waals surface area contributed by atoms with Crippen LogP contribution in [0.4, 0.5) is 0 Å². The molecule has 158 valence electrons. The van der Waals surface area contributed by atoms with E-state index >= 15 is 0 Å². The van der Waals surface area contributed by atoms with Gasteiger partial charge in [-0.25, -0.2) is 0 Å². The number of hydrogen-bond acceptors (Lipinski definition) is 5. The Morgan fingerprint density at radius 2 is 1.52 bits per heavy atom. The summed E-state index contributed by atoms with van der Waals surface area (Å²) in [6.07, 6.45) is 5.05. The molecular formula is C25H23NO5. The highest BCUT2D eigenvalue weighted by Gasteiger charge is 2.63. The molecule has 3 aliphatic carbocycles. The molecule has 2 saturated carbocycles. The molecule has 5 rings (SSSR count). The van der Waals surface area contributed by atoms with Crippen molar-refractivity contribution in [3.8, 4) is 0 Å². The van der Waals surface area contributed by atoms with Gasteiger partial charge in [0.05, 0.1) is 5.92 Å². The van der Waals surface area contributed by atoms with Crippen LogP contribution in [-0.4, -0.2) is 22.8 Å². The number of benzene rings is 2. The Bertz CT molecular complexity index is 983. The number of hydrogen-bond donors (Lipinski definition) is 0. The molecule has 0 aliphatic heterocycles. The van der Waals surface area contributed by atoms with Crippen LogP contribution in [0.25, 0.3) is 0 Å². The lowest BCUT2D eigenvalue weighted by molar-refractivity contribution is -0.770. The number of nitrogens with zero attached hydrogens (tertiary/aromatic N) is 1. The van der Waals surface area contributed by atoms with E-state index in [0.29, 0.717) is 23.5 Å². The molecular weight excluding hydrogens is 394 g/mol. The first-order valence-electron chi connectivity index (χ1n) is 10.7. The van der Waals surface area contributed by atoms with Crippen molar-refractivity contribution in [3.05, 3.63) is 94.1 Å². The van der Waals surface area contributed by atoms with E-state index in [4.69, 9.17) is 4.84 Å². The molecule has 3 aliphatic rings. The van der Waals surface area contributed by atoms with E-state index in [1.165, 1.54) is 0 Å². The first-order valence-corrected chi connectivity index (χ1v) is 10.7. The summed E-state index contributed by atoms with van der Waals surface area (Å²) in [6.45, 7) is 0. The summed E-state index contributed by atoms with van der Waals surface area (Å²) < 4.78 is 0. The minimum Gasteiger partial charge on any atom is -0.310 e. The van der Waals surface area contributed by atoms with Gasteiger partial charge in [-0.05, 0) is 42.4 Å². The Morgan fingerprint density at radius 1 is 0.935 bits per heavy atom. The molecule has 0 heterocycles. The molecule has 6 heteroatoms. The molecule has 0 aromatic heterocycles. The van der Waals surface area contributed by atoms with Crippen molar-refractivity contribution in [3.63, 3.8) is 0 Å². The van der Waals surface area contributed by atoms with Gasteiger partial charge in [-0.3, -0.25) is 9.59 Å². The van der Waals surface area contributed by atoms with Gasteiger partial charge in [0.2, 0.25) is 0 Å². The molecule has 0 radical (unpaired) electrons. The van der Waals surface area contributed by atoms with Crippen LogP contribution in [0.15, 0.2) is 72.8 Å². The van der Waals surface area contributed by atoms with Crippen LogP contribution < -0.4 is 0 Å². The van der Waals surface area contributed by atoms with Crippen molar-refractivity contribution in [2.24, 2.45) is 35.5 Å². The van der Waals surface area contributed by atoms with Gasteiger partial charge < -0.3 is 4.84 Å². The number of allylic oxidation sites excluding steroid dienone is 2. The van der Waals surface area contributed by atoms with E-state index in [9.17, 15) is 19.7 Å². The molecule has 2 aromatic rings. The number of carbonyl (C=O) groups excluding carboxylic acids is 2. The van der Waals surface area contributed by atoms with Crippen molar-refractivity contribution >= 4 is 11.6 Å². The van der Waals surface area contributed by atoms with E-state index in [1.54, 1.807) is 48.5 Å². The normalized spacial score (nSPS) is 30.4. The number of ketones is 2. The van der Waals surface area contributed by atoms with Crippen LogP contribution in [0, 0.1) is 45.6 Å².